The molecule has 0 bridgehead atoms. The van der Waals surface area contributed by atoms with Crippen LogP contribution in [-0.4, -0.2) is 57.3 Å². The second kappa shape index (κ2) is 19.2. The van der Waals surface area contributed by atoms with Gasteiger partial charge in [-0.05, 0) is 37.0 Å². The van der Waals surface area contributed by atoms with Crippen LogP contribution in [0.4, 0.5) is 5.82 Å². The Hall–Kier alpha value is -2.93. The molecule has 0 atom stereocenters. The first-order valence-electron chi connectivity index (χ1n) is 17.8. The largest absolute Gasteiger partial charge is 0.355 e. The van der Waals surface area contributed by atoms with Crippen molar-refractivity contribution in [3.8, 4) is 6.07 Å². The Balaban J connectivity index is 1.50. The van der Waals surface area contributed by atoms with Crippen molar-refractivity contribution >= 4 is 46.1 Å². The van der Waals surface area contributed by atoms with E-state index < -0.39 is 0 Å². The van der Waals surface area contributed by atoms with E-state index in [0.717, 1.165) is 69.8 Å². The van der Waals surface area contributed by atoms with Crippen molar-refractivity contribution in [1.82, 2.24) is 14.4 Å². The monoisotopic (exact) mass is 675 g/mol. The molecule has 2 aromatic rings. The molecule has 2 aliphatic heterocycles. The fourth-order valence-electron chi connectivity index (χ4n) is 6.55. The highest BCUT2D eigenvalue weighted by Crippen LogP contribution is 2.36. The van der Waals surface area contributed by atoms with Crippen molar-refractivity contribution in [2.24, 2.45) is 0 Å². The van der Waals surface area contributed by atoms with E-state index in [2.05, 4.69) is 54.0 Å². The molecule has 0 spiro atoms. The maximum Gasteiger partial charge on any atom is 0.270 e. The highest BCUT2D eigenvalue weighted by molar-refractivity contribution is 8.26. The van der Waals surface area contributed by atoms with Crippen LogP contribution in [0.2, 0.25) is 0 Å². The van der Waals surface area contributed by atoms with E-state index >= 15 is 0 Å². The number of thioether (sulfide) groups is 1. The third kappa shape index (κ3) is 10.0. The van der Waals surface area contributed by atoms with E-state index in [0.29, 0.717) is 27.9 Å². The molecule has 4 rings (SSSR count). The van der Waals surface area contributed by atoms with Gasteiger partial charge >= 0.3 is 0 Å². The van der Waals surface area contributed by atoms with Gasteiger partial charge in [-0.2, -0.15) is 5.26 Å². The highest BCUT2D eigenvalue weighted by Gasteiger charge is 2.33. The number of piperazine rings is 1. The van der Waals surface area contributed by atoms with Crippen LogP contribution >= 0.6 is 24.0 Å². The Morgan fingerprint density at radius 1 is 0.851 bits per heavy atom. The molecule has 1 amide bonds. The number of anilines is 1. The van der Waals surface area contributed by atoms with Gasteiger partial charge in [0.25, 0.3) is 11.5 Å². The zero-order chi connectivity index (χ0) is 33.6. The van der Waals surface area contributed by atoms with Crippen LogP contribution in [0.1, 0.15) is 113 Å². The van der Waals surface area contributed by atoms with Crippen LogP contribution < -0.4 is 10.5 Å². The predicted octanol–water partition coefficient (Wildman–Crippen LogP) is 8.27. The van der Waals surface area contributed by atoms with Crippen molar-refractivity contribution in [3.05, 3.63) is 67.8 Å². The second-order valence-corrected chi connectivity index (χ2v) is 14.6. The molecule has 0 saturated carbocycles. The summed E-state index contributed by atoms with van der Waals surface area (Å²) >= 11 is 7.03. The molecule has 0 aliphatic carbocycles. The number of pyridine rings is 1. The predicted molar refractivity (Wildman–Crippen MR) is 201 cm³/mol. The minimum atomic E-state index is -0.245. The SMILES string of the molecule is CCCCCCCCCCCCN1C(=O)C(=Cc2c(C)c(C#N)c(=O)n(CCCC)c2N2CCN(Cc3ccccc3)CC2)SC1=S. The maximum atomic E-state index is 13.7. The number of aromatic nitrogens is 1. The first-order valence-corrected chi connectivity index (χ1v) is 19.1. The van der Waals surface area contributed by atoms with Gasteiger partial charge in [0.15, 0.2) is 0 Å². The topological polar surface area (TPSA) is 72.6 Å². The number of thiocarbonyl (C=S) groups is 1. The van der Waals surface area contributed by atoms with Gasteiger partial charge in [-0.1, -0.05) is 132 Å². The van der Waals surface area contributed by atoms with Gasteiger partial charge in [0, 0.05) is 51.4 Å². The number of amides is 1. The summed E-state index contributed by atoms with van der Waals surface area (Å²) in [6.45, 7) is 11.5. The molecule has 2 fully saturated rings. The number of hydrogen-bond acceptors (Lipinski definition) is 7. The molecule has 2 saturated heterocycles. The first-order chi connectivity index (χ1) is 22.9. The normalized spacial score (nSPS) is 16.4. The quantitative estimate of drug-likeness (QED) is 0.0895. The Kier molecular flexibility index (Phi) is 15.0. The Morgan fingerprint density at radius 3 is 2.09 bits per heavy atom. The average molecular weight is 676 g/mol. The number of nitrogens with zero attached hydrogens (tertiary/aromatic N) is 5. The third-order valence-corrected chi connectivity index (χ3v) is 10.8. The zero-order valence-corrected chi connectivity index (χ0v) is 30.4. The lowest BCUT2D eigenvalue weighted by molar-refractivity contribution is -0.122. The van der Waals surface area contributed by atoms with Crippen LogP contribution in [0.5, 0.6) is 0 Å². The zero-order valence-electron chi connectivity index (χ0n) is 28.8. The summed E-state index contributed by atoms with van der Waals surface area (Å²) in [6.07, 6.45) is 16.1. The van der Waals surface area contributed by atoms with Crippen LogP contribution in [0.3, 0.4) is 0 Å². The van der Waals surface area contributed by atoms with Crippen molar-refractivity contribution in [2.45, 2.75) is 111 Å². The summed E-state index contributed by atoms with van der Waals surface area (Å²) in [5.41, 5.74) is 2.61. The molecule has 0 N–H and O–H groups in total. The molecule has 47 heavy (non-hydrogen) atoms. The number of carbonyl (C=O) groups is 1. The van der Waals surface area contributed by atoms with E-state index in [1.54, 1.807) is 9.47 Å². The summed E-state index contributed by atoms with van der Waals surface area (Å²) in [5.74, 6) is 0.748. The van der Waals surface area contributed by atoms with E-state index in [1.807, 2.05) is 19.1 Å². The van der Waals surface area contributed by atoms with Gasteiger partial charge < -0.3 is 4.90 Å². The molecule has 3 heterocycles. The van der Waals surface area contributed by atoms with Gasteiger partial charge in [-0.25, -0.2) is 0 Å². The van der Waals surface area contributed by atoms with Crippen molar-refractivity contribution in [1.29, 1.82) is 5.26 Å². The number of nitriles is 1. The summed E-state index contributed by atoms with van der Waals surface area (Å²) in [4.78, 5) is 34.4. The van der Waals surface area contributed by atoms with Gasteiger partial charge in [-0.3, -0.25) is 24.0 Å². The Morgan fingerprint density at radius 2 is 1.47 bits per heavy atom. The molecule has 9 heteroatoms. The Labute approximate surface area is 292 Å². The van der Waals surface area contributed by atoms with Gasteiger partial charge in [-0.15, -0.1) is 0 Å². The van der Waals surface area contributed by atoms with E-state index in [4.69, 9.17) is 12.2 Å². The lowest BCUT2D eigenvalue weighted by Gasteiger charge is -2.38. The number of carbonyl (C=O) groups excluding carboxylic acids is 1. The van der Waals surface area contributed by atoms with Crippen LogP contribution in [0.15, 0.2) is 40.0 Å². The van der Waals surface area contributed by atoms with Crippen molar-refractivity contribution < 1.29 is 4.79 Å². The summed E-state index contributed by atoms with van der Waals surface area (Å²) in [5, 5.41) is 10.1. The number of benzene rings is 1. The molecule has 1 aromatic heterocycles. The third-order valence-electron chi connectivity index (χ3n) is 9.39. The molecule has 0 radical (unpaired) electrons. The van der Waals surface area contributed by atoms with Gasteiger partial charge in [0.05, 0.1) is 4.91 Å². The minimum absolute atomic E-state index is 0.0706. The fourth-order valence-corrected chi connectivity index (χ4v) is 7.84. The van der Waals surface area contributed by atoms with E-state index in [-0.39, 0.29) is 17.0 Å². The van der Waals surface area contributed by atoms with Crippen LogP contribution in [0, 0.1) is 18.3 Å². The molecular formula is C38H53N5O2S2. The molecule has 2 aliphatic rings. The molecular weight excluding hydrogens is 623 g/mol. The molecule has 1 aromatic carbocycles. The molecule has 7 nitrogen and oxygen atoms in total. The average Bonchev–Trinajstić information content (AvgIpc) is 3.34. The number of hydrogen-bond donors (Lipinski definition) is 0. The standard InChI is InChI=1S/C38H53N5O2S2/c1-4-6-8-9-10-11-12-13-14-18-22-43-37(45)34(47-38(43)46)27-32-30(3)33(28-39)36(44)42(21-7-5-2)35(32)41-25-23-40(24-26-41)29-31-19-16-15-17-20-31/h15-17,19-20,27H,4-14,18,21-26,29H2,1-3H3. The van der Waals surface area contributed by atoms with Gasteiger partial charge in [0.2, 0.25) is 0 Å². The van der Waals surface area contributed by atoms with E-state index in [1.165, 1.54) is 68.7 Å². The summed E-state index contributed by atoms with van der Waals surface area (Å²) in [6, 6.07) is 12.7. The summed E-state index contributed by atoms with van der Waals surface area (Å²) in [7, 11) is 0. The number of rotatable bonds is 18. The van der Waals surface area contributed by atoms with Gasteiger partial charge in [0.1, 0.15) is 21.8 Å². The van der Waals surface area contributed by atoms with Crippen molar-refractivity contribution in [3.63, 3.8) is 0 Å². The smallest absolute Gasteiger partial charge is 0.270 e. The highest BCUT2D eigenvalue weighted by atomic mass is 32.2. The first kappa shape index (κ1) is 36.9. The molecule has 0 unspecified atom stereocenters. The lowest BCUT2D eigenvalue weighted by atomic mass is 10.0. The lowest BCUT2D eigenvalue weighted by Crippen LogP contribution is -2.48. The van der Waals surface area contributed by atoms with E-state index in [9.17, 15) is 14.9 Å². The minimum Gasteiger partial charge on any atom is -0.355 e. The second-order valence-electron chi connectivity index (χ2n) is 12.9. The van der Waals surface area contributed by atoms with Crippen molar-refractivity contribution in [2.75, 3.05) is 37.6 Å². The van der Waals surface area contributed by atoms with Crippen LogP contribution in [0.25, 0.3) is 6.08 Å². The summed E-state index contributed by atoms with van der Waals surface area (Å²) < 4.78 is 2.38. The Bertz CT molecular complexity index is 1470. The fraction of sp³-hybridized carbons (Fsp3) is 0.579. The number of unbranched alkanes of at least 4 members (excludes halogenated alkanes) is 10. The maximum absolute atomic E-state index is 13.7. The molecule has 254 valence electrons. The van der Waals surface area contributed by atoms with Crippen LogP contribution in [-0.2, 0) is 17.9 Å².